The van der Waals surface area contributed by atoms with Gasteiger partial charge < -0.3 is 20.3 Å². The van der Waals surface area contributed by atoms with Crippen molar-refractivity contribution in [1.29, 1.82) is 0 Å². The number of amides is 1. The second-order valence-electron chi connectivity index (χ2n) is 27.0. The van der Waals surface area contributed by atoms with E-state index in [1.807, 2.05) is 0 Å². The van der Waals surface area contributed by atoms with Crippen molar-refractivity contribution >= 4 is 11.9 Å². The topological polar surface area (TPSA) is 95.9 Å². The molecule has 3 N–H and O–H groups in total. The van der Waals surface area contributed by atoms with E-state index in [4.69, 9.17) is 4.74 Å². The molecule has 1 amide bonds. The van der Waals surface area contributed by atoms with Crippen LogP contribution in [0.25, 0.3) is 0 Å². The summed E-state index contributed by atoms with van der Waals surface area (Å²) in [7, 11) is 0. The van der Waals surface area contributed by atoms with E-state index >= 15 is 0 Å². The smallest absolute Gasteiger partial charge is 0.305 e. The first-order valence-electron chi connectivity index (χ1n) is 39.1. The maximum Gasteiger partial charge on any atom is 0.305 e. The van der Waals surface area contributed by atoms with Crippen molar-refractivity contribution in [3.05, 3.63) is 24.3 Å². The van der Waals surface area contributed by atoms with E-state index in [1.54, 1.807) is 0 Å². The first-order valence-corrected chi connectivity index (χ1v) is 39.1. The number of hydrogen-bond donors (Lipinski definition) is 3. The van der Waals surface area contributed by atoms with Crippen molar-refractivity contribution in [2.45, 2.75) is 456 Å². The second-order valence-corrected chi connectivity index (χ2v) is 27.0. The van der Waals surface area contributed by atoms with Crippen molar-refractivity contribution in [2.24, 2.45) is 0 Å². The molecule has 85 heavy (non-hydrogen) atoms. The van der Waals surface area contributed by atoms with Crippen LogP contribution in [0.5, 0.6) is 0 Å². The number of carbonyl (C=O) groups excluding carboxylic acids is 2. The molecule has 0 rings (SSSR count). The third kappa shape index (κ3) is 71.3. The zero-order valence-electron chi connectivity index (χ0n) is 57.9. The fraction of sp³-hybridized carbons (Fsp3) is 0.924. The van der Waals surface area contributed by atoms with Gasteiger partial charge in [-0.25, -0.2) is 0 Å². The van der Waals surface area contributed by atoms with E-state index in [1.165, 1.54) is 366 Å². The van der Waals surface area contributed by atoms with Gasteiger partial charge in [-0.15, -0.1) is 0 Å². The maximum atomic E-state index is 12.5. The van der Waals surface area contributed by atoms with E-state index in [0.717, 1.165) is 44.9 Å². The average molecular weight is 1200 g/mol. The third-order valence-electron chi connectivity index (χ3n) is 18.5. The average Bonchev–Trinajstić information content (AvgIpc) is 3.52. The molecule has 2 unspecified atom stereocenters. The van der Waals surface area contributed by atoms with Crippen molar-refractivity contribution in [2.75, 3.05) is 13.2 Å². The molecular formula is C79H153NO5. The van der Waals surface area contributed by atoms with Crippen LogP contribution in [0.1, 0.15) is 444 Å². The fourth-order valence-corrected chi connectivity index (χ4v) is 12.6. The van der Waals surface area contributed by atoms with Crippen molar-refractivity contribution in [3.8, 4) is 0 Å². The van der Waals surface area contributed by atoms with Gasteiger partial charge in [0.05, 0.1) is 25.4 Å². The molecule has 0 radical (unpaired) electrons. The van der Waals surface area contributed by atoms with Crippen molar-refractivity contribution in [3.63, 3.8) is 0 Å². The van der Waals surface area contributed by atoms with Crippen LogP contribution in [0.4, 0.5) is 0 Å². The first-order chi connectivity index (χ1) is 42.0. The molecule has 504 valence electrons. The molecule has 0 saturated heterocycles. The summed E-state index contributed by atoms with van der Waals surface area (Å²) in [6, 6.07) is -0.538. The number of ether oxygens (including phenoxy) is 1. The molecule has 0 aromatic rings. The molecule has 0 aliphatic rings. The molecule has 0 bridgehead atoms. The van der Waals surface area contributed by atoms with Crippen LogP contribution >= 0.6 is 0 Å². The monoisotopic (exact) mass is 1200 g/mol. The minimum atomic E-state index is -0.661. The van der Waals surface area contributed by atoms with E-state index in [0.29, 0.717) is 25.9 Å². The molecule has 0 aromatic carbocycles. The van der Waals surface area contributed by atoms with Crippen LogP contribution in [-0.4, -0.2) is 47.4 Å². The fourth-order valence-electron chi connectivity index (χ4n) is 12.6. The van der Waals surface area contributed by atoms with Crippen molar-refractivity contribution in [1.82, 2.24) is 5.32 Å². The Bertz CT molecular complexity index is 1330. The molecule has 0 aliphatic carbocycles. The number of esters is 1. The highest BCUT2D eigenvalue weighted by molar-refractivity contribution is 5.76. The number of rotatable bonds is 74. The van der Waals surface area contributed by atoms with Crippen LogP contribution in [-0.2, 0) is 14.3 Å². The molecular weight excluding hydrogens is 1040 g/mol. The molecule has 2 atom stereocenters. The standard InChI is InChI=1S/C79H153NO5/c1-3-5-7-9-11-13-15-17-18-42-46-49-53-57-61-65-69-73-79(84)85-74-70-66-62-58-54-50-47-44-41-39-37-35-33-31-29-27-25-23-21-19-20-22-24-26-28-30-32-34-36-38-40-43-45-48-52-56-60-64-68-72-78(83)80-76(75-81)77(82)71-67-63-59-55-51-16-14-12-10-8-6-4-2/h19-20,23,25,76-77,81-82H,3-18,21-22,24,26-75H2,1-2H3,(H,80,83)/b20-19-,25-23-. The summed E-state index contributed by atoms with van der Waals surface area (Å²) >= 11 is 0. The maximum absolute atomic E-state index is 12.5. The van der Waals surface area contributed by atoms with Crippen molar-refractivity contribution < 1.29 is 24.5 Å². The summed E-state index contributed by atoms with van der Waals surface area (Å²) < 4.78 is 5.51. The van der Waals surface area contributed by atoms with Crippen LogP contribution < -0.4 is 5.32 Å². The Kier molecular flexibility index (Phi) is 73.3. The van der Waals surface area contributed by atoms with Gasteiger partial charge in [0.25, 0.3) is 0 Å². The molecule has 6 nitrogen and oxygen atoms in total. The number of aliphatic hydroxyl groups excluding tert-OH is 2. The van der Waals surface area contributed by atoms with Gasteiger partial charge in [-0.1, -0.05) is 398 Å². The molecule has 0 fully saturated rings. The number of allylic oxidation sites excluding steroid dienone is 4. The lowest BCUT2D eigenvalue weighted by atomic mass is 10.0. The van der Waals surface area contributed by atoms with E-state index < -0.39 is 12.1 Å². The Hall–Kier alpha value is -1.66. The Labute approximate surface area is 532 Å². The largest absolute Gasteiger partial charge is 0.466 e. The summed E-state index contributed by atoms with van der Waals surface area (Å²) in [4.78, 5) is 24.6. The summed E-state index contributed by atoms with van der Waals surface area (Å²) in [6.07, 6.45) is 95.7. The van der Waals surface area contributed by atoms with Crippen LogP contribution in [0.15, 0.2) is 24.3 Å². The Morgan fingerprint density at radius 2 is 0.588 bits per heavy atom. The number of nitrogens with one attached hydrogen (secondary N) is 1. The van der Waals surface area contributed by atoms with Gasteiger partial charge in [0.1, 0.15) is 0 Å². The first kappa shape index (κ1) is 83.3. The van der Waals surface area contributed by atoms with Gasteiger partial charge in [-0.05, 0) is 57.8 Å². The zero-order chi connectivity index (χ0) is 61.3. The number of aliphatic hydroxyl groups is 2. The minimum Gasteiger partial charge on any atom is -0.466 e. The third-order valence-corrected chi connectivity index (χ3v) is 18.5. The van der Waals surface area contributed by atoms with Crippen LogP contribution in [0.2, 0.25) is 0 Å². The molecule has 6 heteroatoms. The quantitative estimate of drug-likeness (QED) is 0.0320. The highest BCUT2D eigenvalue weighted by Gasteiger charge is 2.20. The zero-order valence-corrected chi connectivity index (χ0v) is 57.9. The Morgan fingerprint density at radius 1 is 0.329 bits per heavy atom. The lowest BCUT2D eigenvalue weighted by molar-refractivity contribution is -0.143. The molecule has 0 spiro atoms. The number of unbranched alkanes of at least 4 members (excludes halogenated alkanes) is 59. The molecule has 0 heterocycles. The number of hydrogen-bond acceptors (Lipinski definition) is 5. The van der Waals surface area contributed by atoms with Crippen LogP contribution in [0.3, 0.4) is 0 Å². The summed E-state index contributed by atoms with van der Waals surface area (Å²) in [6.45, 7) is 4.99. The van der Waals surface area contributed by atoms with Gasteiger partial charge in [-0.3, -0.25) is 9.59 Å². The van der Waals surface area contributed by atoms with Gasteiger partial charge in [-0.2, -0.15) is 0 Å². The molecule has 0 saturated carbocycles. The SMILES string of the molecule is CCCCCCCCCCCCCCCCCCCC(=O)OCCCCCCCCCCCCCCCCC/C=C\C/C=C\CCCCCCCCCCCCCCCCCCCC(=O)NC(CO)C(O)CCCCCCCCCCCCCC. The van der Waals surface area contributed by atoms with E-state index in [9.17, 15) is 19.8 Å². The lowest BCUT2D eigenvalue weighted by Gasteiger charge is -2.22. The van der Waals surface area contributed by atoms with E-state index in [-0.39, 0.29) is 18.5 Å². The minimum absolute atomic E-state index is 0.0251. The highest BCUT2D eigenvalue weighted by Crippen LogP contribution is 2.20. The molecule has 0 aromatic heterocycles. The van der Waals surface area contributed by atoms with Gasteiger partial charge in [0, 0.05) is 12.8 Å². The second kappa shape index (κ2) is 74.8. The summed E-state index contributed by atoms with van der Waals surface area (Å²) in [5, 5.41) is 23.3. The normalized spacial score (nSPS) is 12.6. The molecule has 0 aliphatic heterocycles. The Balaban J connectivity index is 3.32. The summed E-state index contributed by atoms with van der Waals surface area (Å²) in [5.41, 5.74) is 0. The van der Waals surface area contributed by atoms with E-state index in [2.05, 4.69) is 43.5 Å². The predicted molar refractivity (Wildman–Crippen MR) is 375 cm³/mol. The Morgan fingerprint density at radius 3 is 0.894 bits per heavy atom. The van der Waals surface area contributed by atoms with Gasteiger partial charge in [0.2, 0.25) is 5.91 Å². The van der Waals surface area contributed by atoms with Crippen LogP contribution in [0, 0.1) is 0 Å². The van der Waals surface area contributed by atoms with Gasteiger partial charge in [0.15, 0.2) is 0 Å². The summed E-state index contributed by atoms with van der Waals surface area (Å²) in [5.74, 6) is -0.00479. The predicted octanol–water partition coefficient (Wildman–Crippen LogP) is 25.7. The van der Waals surface area contributed by atoms with Gasteiger partial charge >= 0.3 is 5.97 Å². The highest BCUT2D eigenvalue weighted by atomic mass is 16.5. The number of carbonyl (C=O) groups is 2. The lowest BCUT2D eigenvalue weighted by Crippen LogP contribution is -2.45.